The van der Waals surface area contributed by atoms with Crippen molar-refractivity contribution in [1.29, 1.82) is 0 Å². The number of carbonyl (C=O) groups is 2. The van der Waals surface area contributed by atoms with Crippen LogP contribution in [0.4, 0.5) is 10.1 Å². The van der Waals surface area contributed by atoms with E-state index < -0.39 is 45.8 Å². The van der Waals surface area contributed by atoms with Gasteiger partial charge in [0, 0.05) is 23.5 Å². The predicted molar refractivity (Wildman–Crippen MR) is 176 cm³/mol. The molecule has 7 nitrogen and oxygen atoms in total. The van der Waals surface area contributed by atoms with Crippen LogP contribution in [0.2, 0.25) is 5.02 Å². The molecule has 0 aromatic heterocycles. The number of carbonyl (C=O) groups excluding carboxylic acids is 2. The van der Waals surface area contributed by atoms with Crippen molar-refractivity contribution in [2.45, 2.75) is 57.1 Å². The van der Waals surface area contributed by atoms with Crippen LogP contribution in [0, 0.1) is 12.7 Å². The minimum atomic E-state index is -4.25. The molecule has 1 atom stereocenters. The first-order valence-electron chi connectivity index (χ1n) is 14.5. The number of rotatable bonds is 11. The lowest BCUT2D eigenvalue weighted by atomic mass is 10.0. The fourth-order valence-corrected chi connectivity index (χ4v) is 6.31. The van der Waals surface area contributed by atoms with Gasteiger partial charge in [-0.3, -0.25) is 13.9 Å². The van der Waals surface area contributed by atoms with E-state index in [1.54, 1.807) is 36.4 Å². The summed E-state index contributed by atoms with van der Waals surface area (Å²) in [5.74, 6) is -1.45. The van der Waals surface area contributed by atoms with E-state index in [0.717, 1.165) is 15.4 Å². The second-order valence-corrected chi connectivity index (χ2v) is 14.2. The van der Waals surface area contributed by atoms with Gasteiger partial charge >= 0.3 is 0 Å². The van der Waals surface area contributed by atoms with Crippen molar-refractivity contribution < 1.29 is 22.4 Å². The van der Waals surface area contributed by atoms with Crippen molar-refractivity contribution >= 4 is 39.1 Å². The highest BCUT2D eigenvalue weighted by atomic mass is 35.5. The lowest BCUT2D eigenvalue weighted by Crippen LogP contribution is -2.56. The largest absolute Gasteiger partial charge is 0.350 e. The summed E-state index contributed by atoms with van der Waals surface area (Å²) in [7, 11) is -4.25. The van der Waals surface area contributed by atoms with Crippen molar-refractivity contribution in [1.82, 2.24) is 10.2 Å². The molecule has 4 aromatic carbocycles. The zero-order valence-corrected chi connectivity index (χ0v) is 27.3. The molecule has 0 radical (unpaired) electrons. The number of sulfonamides is 1. The first kappa shape index (κ1) is 33.7. The van der Waals surface area contributed by atoms with E-state index in [-0.39, 0.29) is 23.5 Å². The fraction of sp³-hybridized carbons (Fsp3) is 0.257. The van der Waals surface area contributed by atoms with E-state index >= 15 is 0 Å². The standard InChI is InChI=1S/C35H37ClFN3O4S/c1-25-10-18-30(19-11-25)40(45(43,44)31-20-14-28(36)15-21-31)24-33(41)39(23-27-12-16-29(37)17-13-27)32(34(42)38-35(2,3)4)22-26-8-6-5-7-9-26/h5-21,32H,22-24H2,1-4H3,(H,38,42). The zero-order valence-electron chi connectivity index (χ0n) is 25.7. The number of aryl methyl sites for hydroxylation is 1. The summed E-state index contributed by atoms with van der Waals surface area (Å²) in [6.07, 6.45) is 0.171. The van der Waals surface area contributed by atoms with E-state index in [9.17, 15) is 22.4 Å². The van der Waals surface area contributed by atoms with Gasteiger partial charge in [0.2, 0.25) is 11.8 Å². The highest BCUT2D eigenvalue weighted by molar-refractivity contribution is 7.92. The van der Waals surface area contributed by atoms with Gasteiger partial charge in [-0.25, -0.2) is 12.8 Å². The van der Waals surface area contributed by atoms with Gasteiger partial charge < -0.3 is 10.2 Å². The number of anilines is 1. The van der Waals surface area contributed by atoms with Crippen LogP contribution in [-0.2, 0) is 32.6 Å². The van der Waals surface area contributed by atoms with Crippen LogP contribution in [0.25, 0.3) is 0 Å². The Bertz CT molecular complexity index is 1710. The summed E-state index contributed by atoms with van der Waals surface area (Å²) in [5, 5.41) is 3.35. The molecule has 45 heavy (non-hydrogen) atoms. The summed E-state index contributed by atoms with van der Waals surface area (Å²) >= 11 is 6.03. The lowest BCUT2D eigenvalue weighted by molar-refractivity contribution is -0.140. The van der Waals surface area contributed by atoms with Gasteiger partial charge in [0.05, 0.1) is 10.6 Å². The van der Waals surface area contributed by atoms with Crippen LogP contribution in [-0.4, -0.2) is 43.3 Å². The molecule has 4 aromatic rings. The molecule has 0 aliphatic carbocycles. The van der Waals surface area contributed by atoms with Crippen molar-refractivity contribution in [3.8, 4) is 0 Å². The normalized spacial score (nSPS) is 12.3. The van der Waals surface area contributed by atoms with Crippen LogP contribution < -0.4 is 9.62 Å². The number of nitrogens with zero attached hydrogens (tertiary/aromatic N) is 2. The molecule has 1 N–H and O–H groups in total. The number of hydrogen-bond donors (Lipinski definition) is 1. The Kier molecular flexibility index (Phi) is 10.7. The maximum absolute atomic E-state index is 14.4. The Labute approximate surface area is 269 Å². The topological polar surface area (TPSA) is 86.8 Å². The Hall–Kier alpha value is -4.21. The van der Waals surface area contributed by atoms with Gasteiger partial charge in [-0.15, -0.1) is 0 Å². The average molecular weight is 650 g/mol. The molecule has 10 heteroatoms. The van der Waals surface area contributed by atoms with Crippen molar-refractivity contribution in [3.05, 3.63) is 131 Å². The van der Waals surface area contributed by atoms with E-state index in [2.05, 4.69) is 5.32 Å². The monoisotopic (exact) mass is 649 g/mol. The molecule has 0 bridgehead atoms. The Morgan fingerprint density at radius 2 is 1.44 bits per heavy atom. The molecular weight excluding hydrogens is 613 g/mol. The van der Waals surface area contributed by atoms with Gasteiger partial charge in [-0.1, -0.05) is 71.8 Å². The SMILES string of the molecule is Cc1ccc(N(CC(=O)N(Cc2ccc(F)cc2)C(Cc2ccccc2)C(=O)NC(C)(C)C)S(=O)(=O)c2ccc(Cl)cc2)cc1. The molecule has 0 aliphatic rings. The minimum Gasteiger partial charge on any atom is -0.350 e. The van der Waals surface area contributed by atoms with E-state index in [1.165, 1.54) is 41.3 Å². The Morgan fingerprint density at radius 3 is 2.02 bits per heavy atom. The zero-order chi connectivity index (χ0) is 32.8. The Morgan fingerprint density at radius 1 is 0.844 bits per heavy atom. The van der Waals surface area contributed by atoms with Gasteiger partial charge in [-0.05, 0) is 87.4 Å². The van der Waals surface area contributed by atoms with Crippen molar-refractivity contribution in [3.63, 3.8) is 0 Å². The van der Waals surface area contributed by atoms with Crippen molar-refractivity contribution in [2.24, 2.45) is 0 Å². The number of nitrogens with one attached hydrogen (secondary N) is 1. The van der Waals surface area contributed by atoms with Crippen molar-refractivity contribution in [2.75, 3.05) is 10.8 Å². The van der Waals surface area contributed by atoms with Crippen LogP contribution >= 0.6 is 11.6 Å². The van der Waals surface area contributed by atoms with E-state index in [1.807, 2.05) is 58.0 Å². The fourth-order valence-electron chi connectivity index (χ4n) is 4.77. The summed E-state index contributed by atoms with van der Waals surface area (Å²) in [6.45, 7) is 6.75. The molecule has 1 unspecified atom stereocenters. The first-order chi connectivity index (χ1) is 21.2. The quantitative estimate of drug-likeness (QED) is 0.200. The molecule has 0 saturated heterocycles. The van der Waals surface area contributed by atoms with Gasteiger partial charge in [0.25, 0.3) is 10.0 Å². The van der Waals surface area contributed by atoms with E-state index in [4.69, 9.17) is 11.6 Å². The summed E-state index contributed by atoms with van der Waals surface area (Å²) in [4.78, 5) is 29.7. The van der Waals surface area contributed by atoms with Crippen LogP contribution in [0.15, 0.2) is 108 Å². The van der Waals surface area contributed by atoms with Gasteiger partial charge in [0.1, 0.15) is 18.4 Å². The smallest absolute Gasteiger partial charge is 0.264 e. The van der Waals surface area contributed by atoms with Gasteiger partial charge in [0.15, 0.2) is 0 Å². The summed E-state index contributed by atoms with van der Waals surface area (Å²) in [6, 6.07) is 26.4. The van der Waals surface area contributed by atoms with Crippen LogP contribution in [0.3, 0.4) is 0 Å². The molecular formula is C35H37ClFN3O4S. The maximum atomic E-state index is 14.4. The molecule has 0 heterocycles. The first-order valence-corrected chi connectivity index (χ1v) is 16.3. The molecule has 0 aliphatic heterocycles. The van der Waals surface area contributed by atoms with Gasteiger partial charge in [-0.2, -0.15) is 0 Å². The third kappa shape index (κ3) is 9.15. The van der Waals surface area contributed by atoms with E-state index in [0.29, 0.717) is 10.6 Å². The highest BCUT2D eigenvalue weighted by Crippen LogP contribution is 2.26. The summed E-state index contributed by atoms with van der Waals surface area (Å²) in [5.41, 5.74) is 1.97. The average Bonchev–Trinajstić information content (AvgIpc) is 2.99. The highest BCUT2D eigenvalue weighted by Gasteiger charge is 2.35. The number of halogens is 2. The number of hydrogen-bond acceptors (Lipinski definition) is 4. The molecule has 0 spiro atoms. The van der Waals surface area contributed by atoms with Crippen LogP contribution in [0.1, 0.15) is 37.5 Å². The third-order valence-corrected chi connectivity index (χ3v) is 9.08. The third-order valence-electron chi connectivity index (χ3n) is 7.04. The molecule has 0 fully saturated rings. The predicted octanol–water partition coefficient (Wildman–Crippen LogP) is 6.54. The van der Waals surface area contributed by atoms with Crippen LogP contribution in [0.5, 0.6) is 0 Å². The number of amides is 2. The summed E-state index contributed by atoms with van der Waals surface area (Å²) < 4.78 is 43.0. The Balaban J connectivity index is 1.81. The molecule has 4 rings (SSSR count). The second-order valence-electron chi connectivity index (χ2n) is 11.9. The molecule has 0 saturated carbocycles. The maximum Gasteiger partial charge on any atom is 0.264 e. The number of benzene rings is 4. The minimum absolute atomic E-state index is 0.0447. The molecule has 236 valence electrons. The second kappa shape index (κ2) is 14.3. The molecule has 2 amide bonds. The lowest BCUT2D eigenvalue weighted by Gasteiger charge is -2.35.